The number of aryl methyl sites for hydroxylation is 1. The van der Waals surface area contributed by atoms with E-state index in [1.165, 1.54) is 11.3 Å². The van der Waals surface area contributed by atoms with Crippen molar-refractivity contribution in [2.45, 2.75) is 26.7 Å². The predicted octanol–water partition coefficient (Wildman–Crippen LogP) is 6.69. The molecule has 0 aliphatic carbocycles. The number of hydrogen-bond acceptors (Lipinski definition) is 5. The maximum absolute atomic E-state index is 12.2. The Kier molecular flexibility index (Phi) is 12.0. The molecule has 3 rings (SSSR count). The molecular formula is C22H26ClNO4S2. The third kappa shape index (κ3) is 7.91. The van der Waals surface area contributed by atoms with Gasteiger partial charge in [0.25, 0.3) is 0 Å². The number of carbonyl (C=O) groups is 2. The van der Waals surface area contributed by atoms with Crippen LogP contribution in [0.2, 0.25) is 5.02 Å². The number of rotatable bonds is 6. The Morgan fingerprint density at radius 3 is 2.27 bits per heavy atom. The molecule has 0 saturated carbocycles. The van der Waals surface area contributed by atoms with Gasteiger partial charge in [0, 0.05) is 35.9 Å². The van der Waals surface area contributed by atoms with Gasteiger partial charge in [0.2, 0.25) is 5.91 Å². The summed E-state index contributed by atoms with van der Waals surface area (Å²) in [5.74, 6) is -1.27. The van der Waals surface area contributed by atoms with Crippen molar-refractivity contribution in [2.24, 2.45) is 0 Å². The highest BCUT2D eigenvalue weighted by Crippen LogP contribution is 2.36. The van der Waals surface area contributed by atoms with Crippen LogP contribution in [0.1, 0.15) is 35.5 Å². The predicted molar refractivity (Wildman–Crippen MR) is 127 cm³/mol. The molecule has 2 heterocycles. The summed E-state index contributed by atoms with van der Waals surface area (Å²) in [4.78, 5) is 25.6. The third-order valence-corrected chi connectivity index (χ3v) is 5.78. The van der Waals surface area contributed by atoms with E-state index in [0.29, 0.717) is 28.4 Å². The second-order valence-electron chi connectivity index (χ2n) is 5.70. The number of ether oxygens (including phenoxy) is 1. The number of carbonyl (C=O) groups excluding carboxylic acids is 1. The molecule has 162 valence electrons. The zero-order valence-electron chi connectivity index (χ0n) is 17.4. The molecule has 2 aromatic heterocycles. The fourth-order valence-electron chi connectivity index (χ4n) is 2.38. The van der Waals surface area contributed by atoms with Gasteiger partial charge in [0.05, 0.1) is 10.6 Å². The first kappa shape index (κ1) is 25.8. The third-order valence-electron chi connectivity index (χ3n) is 3.56. The lowest BCUT2D eigenvalue weighted by molar-refractivity contribution is -0.116. The first-order valence-corrected chi connectivity index (χ1v) is 11.4. The van der Waals surface area contributed by atoms with E-state index in [-0.39, 0.29) is 11.5 Å². The lowest BCUT2D eigenvalue weighted by atomic mass is 10.1. The Bertz CT molecular complexity index is 906. The number of thiophene rings is 2. The van der Waals surface area contributed by atoms with Crippen LogP contribution in [0.5, 0.6) is 0 Å². The molecule has 5 nitrogen and oxygen atoms in total. The van der Waals surface area contributed by atoms with E-state index in [0.717, 1.165) is 10.4 Å². The topological polar surface area (TPSA) is 75.6 Å². The molecule has 0 saturated heterocycles. The molecule has 0 aliphatic rings. The molecule has 0 atom stereocenters. The summed E-state index contributed by atoms with van der Waals surface area (Å²) in [5, 5.41) is 16.5. The summed E-state index contributed by atoms with van der Waals surface area (Å²) in [6.45, 7) is 4.00. The molecule has 0 unspecified atom stereocenters. The Hall–Kier alpha value is -2.19. The number of benzene rings is 1. The SMILES string of the molecule is CC.COC.O=C(CCc1cccs1)Nc1csc(-c2ccc(Cl)cc2)c1C(=O)O. The van der Waals surface area contributed by atoms with E-state index in [9.17, 15) is 14.7 Å². The van der Waals surface area contributed by atoms with Crippen LogP contribution in [-0.4, -0.2) is 31.2 Å². The van der Waals surface area contributed by atoms with Crippen molar-refractivity contribution in [1.29, 1.82) is 0 Å². The molecule has 0 aliphatic heterocycles. The Balaban J connectivity index is 0.000000826. The van der Waals surface area contributed by atoms with Gasteiger partial charge in [0.15, 0.2) is 0 Å². The molecule has 0 bridgehead atoms. The number of nitrogens with one attached hydrogen (secondary N) is 1. The van der Waals surface area contributed by atoms with Gasteiger partial charge >= 0.3 is 5.97 Å². The lowest BCUT2D eigenvalue weighted by Gasteiger charge is -2.06. The summed E-state index contributed by atoms with van der Waals surface area (Å²) in [6, 6.07) is 10.9. The standard InChI is InChI=1S/C18H14ClNO3S2.C2H6O.C2H6/c19-12-5-3-11(4-6-12)17-16(18(22)23)14(10-25-17)20-15(21)8-7-13-2-1-9-24-13;1-3-2;1-2/h1-6,9-10H,7-8H2,(H,20,21)(H,22,23);1-2H3;1-2H3. The van der Waals surface area contributed by atoms with Crippen LogP contribution in [0, 0.1) is 0 Å². The van der Waals surface area contributed by atoms with E-state index >= 15 is 0 Å². The Labute approximate surface area is 190 Å². The first-order valence-electron chi connectivity index (χ1n) is 9.29. The van der Waals surface area contributed by atoms with E-state index in [1.807, 2.05) is 31.4 Å². The van der Waals surface area contributed by atoms with Gasteiger partial charge < -0.3 is 15.2 Å². The number of methoxy groups -OCH3 is 1. The highest BCUT2D eigenvalue weighted by molar-refractivity contribution is 7.14. The van der Waals surface area contributed by atoms with Crippen LogP contribution in [0.4, 0.5) is 5.69 Å². The van der Waals surface area contributed by atoms with Gasteiger partial charge in [-0.05, 0) is 35.6 Å². The fourth-order valence-corrected chi connectivity index (χ4v) is 4.21. The van der Waals surface area contributed by atoms with Gasteiger partial charge in [-0.15, -0.1) is 22.7 Å². The Morgan fingerprint density at radius 2 is 1.73 bits per heavy atom. The average molecular weight is 468 g/mol. The second kappa shape index (κ2) is 13.9. The van der Waals surface area contributed by atoms with Crippen LogP contribution in [0.25, 0.3) is 10.4 Å². The van der Waals surface area contributed by atoms with Crippen LogP contribution in [0.15, 0.2) is 47.2 Å². The van der Waals surface area contributed by atoms with E-state index in [1.54, 1.807) is 55.2 Å². The number of halogens is 1. The van der Waals surface area contributed by atoms with Crippen LogP contribution in [0.3, 0.4) is 0 Å². The van der Waals surface area contributed by atoms with Crippen molar-refractivity contribution in [1.82, 2.24) is 0 Å². The summed E-state index contributed by atoms with van der Waals surface area (Å²) >= 11 is 8.77. The maximum atomic E-state index is 12.2. The number of carboxylic acids is 1. The molecule has 0 fully saturated rings. The maximum Gasteiger partial charge on any atom is 0.339 e. The zero-order chi connectivity index (χ0) is 22.5. The monoisotopic (exact) mass is 467 g/mol. The minimum atomic E-state index is -1.07. The van der Waals surface area contributed by atoms with E-state index in [4.69, 9.17) is 11.6 Å². The summed E-state index contributed by atoms with van der Waals surface area (Å²) < 4.78 is 4.25. The van der Waals surface area contributed by atoms with Crippen molar-refractivity contribution in [3.63, 3.8) is 0 Å². The molecule has 8 heteroatoms. The molecular weight excluding hydrogens is 442 g/mol. The van der Waals surface area contributed by atoms with Gasteiger partial charge in [-0.2, -0.15) is 0 Å². The first-order chi connectivity index (χ1) is 14.5. The van der Waals surface area contributed by atoms with Crippen molar-refractivity contribution >= 4 is 51.8 Å². The van der Waals surface area contributed by atoms with E-state index in [2.05, 4.69) is 10.1 Å². The summed E-state index contributed by atoms with van der Waals surface area (Å²) in [6.07, 6.45) is 0.950. The number of hydrogen-bond donors (Lipinski definition) is 2. The molecule has 0 spiro atoms. The smallest absolute Gasteiger partial charge is 0.339 e. The fraction of sp³-hybridized carbons (Fsp3) is 0.273. The molecule has 3 aromatic rings. The summed E-state index contributed by atoms with van der Waals surface area (Å²) in [7, 11) is 3.25. The van der Waals surface area contributed by atoms with Crippen molar-refractivity contribution in [3.05, 3.63) is 62.6 Å². The van der Waals surface area contributed by atoms with Gasteiger partial charge in [-0.3, -0.25) is 4.79 Å². The highest BCUT2D eigenvalue weighted by atomic mass is 35.5. The van der Waals surface area contributed by atoms with Crippen molar-refractivity contribution < 1.29 is 19.4 Å². The van der Waals surface area contributed by atoms with Gasteiger partial charge in [-0.1, -0.05) is 43.6 Å². The molecule has 1 amide bonds. The van der Waals surface area contributed by atoms with Crippen molar-refractivity contribution in [2.75, 3.05) is 19.5 Å². The molecule has 2 N–H and O–H groups in total. The number of amides is 1. The van der Waals surface area contributed by atoms with E-state index < -0.39 is 5.97 Å². The number of carboxylic acid groups (broad SMARTS) is 1. The number of aromatic carboxylic acids is 1. The largest absolute Gasteiger partial charge is 0.478 e. The summed E-state index contributed by atoms with van der Waals surface area (Å²) in [5.41, 5.74) is 1.20. The average Bonchev–Trinajstić information content (AvgIpc) is 3.39. The van der Waals surface area contributed by atoms with Crippen LogP contribution in [-0.2, 0) is 16.0 Å². The molecule has 1 aromatic carbocycles. The lowest BCUT2D eigenvalue weighted by Crippen LogP contribution is -2.14. The van der Waals surface area contributed by atoms with Crippen molar-refractivity contribution in [3.8, 4) is 10.4 Å². The molecule has 30 heavy (non-hydrogen) atoms. The minimum Gasteiger partial charge on any atom is -0.478 e. The van der Waals surface area contributed by atoms with Gasteiger partial charge in [-0.25, -0.2) is 4.79 Å². The quantitative estimate of drug-likeness (QED) is 0.423. The van der Waals surface area contributed by atoms with Crippen LogP contribution >= 0.6 is 34.3 Å². The van der Waals surface area contributed by atoms with Gasteiger partial charge in [0.1, 0.15) is 5.56 Å². The zero-order valence-corrected chi connectivity index (χ0v) is 19.8. The second-order valence-corrected chi connectivity index (χ2v) is 8.05. The highest BCUT2D eigenvalue weighted by Gasteiger charge is 2.21. The number of anilines is 1. The normalized spacial score (nSPS) is 9.63. The van der Waals surface area contributed by atoms with Crippen LogP contribution < -0.4 is 5.32 Å². The minimum absolute atomic E-state index is 0.108. The Morgan fingerprint density at radius 1 is 1.10 bits per heavy atom. The molecule has 0 radical (unpaired) electrons.